The molecule has 2 rings (SSSR count). The minimum atomic E-state index is -4.69. The Hall–Kier alpha value is -2.70. The van der Waals surface area contributed by atoms with E-state index in [-0.39, 0.29) is 38.4 Å². The minimum Gasteiger partial charge on any atom is -0.756 e. The lowest BCUT2D eigenvalue weighted by molar-refractivity contribution is -0.870. The first kappa shape index (κ1) is 55.4. The molecule has 0 aliphatic rings. The van der Waals surface area contributed by atoms with Crippen LogP contribution in [0.2, 0.25) is 10.0 Å². The molecule has 0 aliphatic heterocycles. The molecule has 15 heteroatoms. The molecular weight excluding hydrogens is 852 g/mol. The van der Waals surface area contributed by atoms with Gasteiger partial charge in [0.1, 0.15) is 19.8 Å². The highest BCUT2D eigenvalue weighted by Gasteiger charge is 2.22. The van der Waals surface area contributed by atoms with E-state index in [1.807, 2.05) is 45.4 Å². The van der Waals surface area contributed by atoms with Gasteiger partial charge in [-0.25, -0.2) is 0 Å². The molecule has 2 aromatic rings. The number of phosphoric ester groups is 1. The lowest BCUT2D eigenvalue weighted by Crippen LogP contribution is -2.37. The summed E-state index contributed by atoms with van der Waals surface area (Å²) < 4.78 is 33.9. The normalized spacial score (nSPS) is 13.0. The van der Waals surface area contributed by atoms with Crippen molar-refractivity contribution in [3.63, 3.8) is 0 Å². The molecule has 0 aliphatic carbocycles. The number of benzene rings is 2. The maximum Gasteiger partial charge on any atom is 0.306 e. The quantitative estimate of drug-likeness (QED) is 0.0290. The van der Waals surface area contributed by atoms with E-state index in [0.717, 1.165) is 43.4 Å². The zero-order chi connectivity index (χ0) is 45.5. The third-order valence-electron chi connectivity index (χ3n) is 10.3. The molecule has 2 unspecified atom stereocenters. The van der Waals surface area contributed by atoms with Crippen LogP contribution in [0.4, 0.5) is 11.4 Å². The fourth-order valence-electron chi connectivity index (χ4n) is 6.64. The molecule has 62 heavy (non-hydrogen) atoms. The van der Waals surface area contributed by atoms with E-state index in [1.165, 1.54) is 70.6 Å². The van der Waals surface area contributed by atoms with E-state index in [2.05, 4.69) is 17.6 Å². The van der Waals surface area contributed by atoms with Gasteiger partial charge in [0.05, 0.1) is 49.9 Å². The van der Waals surface area contributed by atoms with Crippen LogP contribution in [0.3, 0.4) is 0 Å². The number of phosphoric acid groups is 1. The van der Waals surface area contributed by atoms with Gasteiger partial charge < -0.3 is 38.5 Å². The number of esters is 2. The fraction of sp³-hybridized carbons (Fsp3) is 0.681. The molecule has 0 aromatic heterocycles. The number of ether oxygens (including phenoxy) is 2. The van der Waals surface area contributed by atoms with Gasteiger partial charge in [-0.2, -0.15) is 0 Å². The highest BCUT2D eigenvalue weighted by atomic mass is 35.5. The van der Waals surface area contributed by atoms with E-state index in [0.29, 0.717) is 52.6 Å². The van der Waals surface area contributed by atoms with E-state index >= 15 is 0 Å². The molecular formula is C47H76Cl2N3O9P. The number of amides is 1. The van der Waals surface area contributed by atoms with Gasteiger partial charge in [-0.15, -0.1) is 0 Å². The number of carbonyl (C=O) groups excluding carboxylic acids is 3. The number of quaternary nitrogens is 1. The second-order valence-electron chi connectivity index (χ2n) is 17.2. The van der Waals surface area contributed by atoms with E-state index in [1.54, 1.807) is 18.2 Å². The van der Waals surface area contributed by atoms with Gasteiger partial charge in [-0.3, -0.25) is 18.9 Å². The second kappa shape index (κ2) is 32.9. The summed E-state index contributed by atoms with van der Waals surface area (Å²) in [6.07, 6.45) is 20.6. The average molecular weight is 929 g/mol. The summed E-state index contributed by atoms with van der Waals surface area (Å²) in [5, 5.41) is 7.15. The van der Waals surface area contributed by atoms with Crippen molar-refractivity contribution in [1.29, 1.82) is 0 Å². The van der Waals surface area contributed by atoms with Crippen LogP contribution in [0.15, 0.2) is 42.5 Å². The van der Waals surface area contributed by atoms with Gasteiger partial charge in [-0.1, -0.05) is 151 Å². The zero-order valence-corrected chi connectivity index (χ0v) is 40.4. The van der Waals surface area contributed by atoms with Crippen molar-refractivity contribution in [2.75, 3.05) is 59.4 Å². The lowest BCUT2D eigenvalue weighted by Gasteiger charge is -2.28. The van der Waals surface area contributed by atoms with Crippen molar-refractivity contribution < 1.29 is 46.8 Å². The van der Waals surface area contributed by atoms with Crippen LogP contribution in [0.1, 0.15) is 147 Å². The molecule has 2 N–H and O–H groups in total. The Kier molecular flexibility index (Phi) is 29.4. The predicted octanol–water partition coefficient (Wildman–Crippen LogP) is 11.3. The Balaban J connectivity index is 1.66. The van der Waals surface area contributed by atoms with Gasteiger partial charge in [-0.05, 0) is 49.1 Å². The Morgan fingerprint density at radius 2 is 1.24 bits per heavy atom. The summed E-state index contributed by atoms with van der Waals surface area (Å²) in [5.74, 6) is -1.08. The molecule has 1 amide bonds. The van der Waals surface area contributed by atoms with Crippen LogP contribution < -0.4 is 15.5 Å². The first-order chi connectivity index (χ1) is 29.7. The van der Waals surface area contributed by atoms with E-state index in [4.69, 9.17) is 41.7 Å². The van der Waals surface area contributed by atoms with Crippen molar-refractivity contribution in [3.05, 3.63) is 58.1 Å². The molecule has 0 heterocycles. The van der Waals surface area contributed by atoms with Crippen LogP contribution >= 0.6 is 31.0 Å². The fourth-order valence-corrected chi connectivity index (χ4v) is 7.86. The molecule has 0 bridgehead atoms. The number of rotatable bonds is 37. The highest BCUT2D eigenvalue weighted by Crippen LogP contribution is 2.38. The highest BCUT2D eigenvalue weighted by molar-refractivity contribution is 7.45. The molecule has 352 valence electrons. The maximum absolute atomic E-state index is 12.8. The van der Waals surface area contributed by atoms with Crippen molar-refractivity contribution in [2.45, 2.75) is 154 Å². The molecule has 0 spiro atoms. The summed E-state index contributed by atoms with van der Waals surface area (Å²) in [6, 6.07) is 12.7. The van der Waals surface area contributed by atoms with Crippen molar-refractivity contribution in [1.82, 2.24) is 5.32 Å². The maximum atomic E-state index is 12.8. The van der Waals surface area contributed by atoms with Crippen molar-refractivity contribution in [2.24, 2.45) is 0 Å². The largest absolute Gasteiger partial charge is 0.756 e. The smallest absolute Gasteiger partial charge is 0.306 e. The van der Waals surface area contributed by atoms with Crippen LogP contribution in [-0.2, 0) is 43.9 Å². The van der Waals surface area contributed by atoms with Gasteiger partial charge in [0, 0.05) is 25.1 Å². The SMILES string of the molecule is CCCCCCCCCCCCCCCCCC(=O)OCC(COP(=O)([O-])OCC[N+](C)(C)C)OC(=O)CCCCCCNC(=O)Cc1cccc(Nc2c(Cl)cccc2Cl)c1. The van der Waals surface area contributed by atoms with Crippen LogP contribution in [0.25, 0.3) is 0 Å². The Morgan fingerprint density at radius 1 is 0.710 bits per heavy atom. The molecule has 12 nitrogen and oxygen atoms in total. The summed E-state index contributed by atoms with van der Waals surface area (Å²) >= 11 is 12.6. The topological polar surface area (TPSA) is 152 Å². The van der Waals surface area contributed by atoms with Gasteiger partial charge in [0.2, 0.25) is 5.91 Å². The van der Waals surface area contributed by atoms with Crippen LogP contribution in [0, 0.1) is 0 Å². The molecule has 0 saturated carbocycles. The van der Waals surface area contributed by atoms with Gasteiger partial charge in [0.25, 0.3) is 7.82 Å². The van der Waals surface area contributed by atoms with E-state index in [9.17, 15) is 23.8 Å². The molecule has 0 fully saturated rings. The van der Waals surface area contributed by atoms with Crippen LogP contribution in [0.5, 0.6) is 0 Å². The first-order valence-electron chi connectivity index (χ1n) is 23.0. The third-order valence-corrected chi connectivity index (χ3v) is 11.9. The number of nitrogens with one attached hydrogen (secondary N) is 2. The lowest BCUT2D eigenvalue weighted by atomic mass is 10.0. The van der Waals surface area contributed by atoms with Crippen molar-refractivity contribution >= 4 is 60.2 Å². The number of nitrogens with zero attached hydrogens (tertiary/aromatic N) is 1. The Morgan fingerprint density at radius 3 is 1.82 bits per heavy atom. The average Bonchev–Trinajstić information content (AvgIpc) is 3.21. The number of unbranched alkanes of at least 4 members (excludes halogenated alkanes) is 17. The zero-order valence-electron chi connectivity index (χ0n) is 38.0. The number of hydrogen-bond donors (Lipinski definition) is 2. The number of hydrogen-bond acceptors (Lipinski definition) is 10. The number of likely N-dealkylation sites (N-methyl/N-ethyl adjacent to an activating group) is 1. The monoisotopic (exact) mass is 927 g/mol. The minimum absolute atomic E-state index is 0.0699. The number of anilines is 2. The summed E-state index contributed by atoms with van der Waals surface area (Å²) in [4.78, 5) is 50.4. The first-order valence-corrected chi connectivity index (χ1v) is 25.2. The number of carbonyl (C=O) groups is 3. The Labute approximate surface area is 382 Å². The second-order valence-corrected chi connectivity index (χ2v) is 19.4. The summed E-state index contributed by atoms with van der Waals surface area (Å²) in [6.45, 7) is 2.26. The number of para-hydroxylation sites is 1. The molecule has 2 aromatic carbocycles. The summed E-state index contributed by atoms with van der Waals surface area (Å²) in [7, 11) is 1.03. The van der Waals surface area contributed by atoms with Gasteiger partial charge in [0.15, 0.2) is 6.10 Å². The van der Waals surface area contributed by atoms with E-state index < -0.39 is 32.5 Å². The Bertz CT molecular complexity index is 1590. The van der Waals surface area contributed by atoms with Crippen LogP contribution in [-0.4, -0.2) is 82.5 Å². The third kappa shape index (κ3) is 28.9. The van der Waals surface area contributed by atoms with Crippen molar-refractivity contribution in [3.8, 4) is 0 Å². The molecule has 0 saturated heterocycles. The van der Waals surface area contributed by atoms with Gasteiger partial charge >= 0.3 is 11.9 Å². The predicted molar refractivity (Wildman–Crippen MR) is 249 cm³/mol. The summed E-state index contributed by atoms with van der Waals surface area (Å²) in [5.41, 5.74) is 2.20. The molecule has 2 atom stereocenters. The number of halogens is 2. The standard InChI is InChI=1S/C47H76Cl2N3O9P/c1-5-6-7-8-9-10-11-12-13-14-15-16-17-18-21-30-45(54)58-37-41(38-60-62(56,57)59-34-33-52(2,3)4)61-46(55)31-22-19-20-23-32-50-44(53)36-39-26-24-27-40(35-39)51-47-42(48)28-25-29-43(47)49/h24-29,35,41,51H,5-23,30-34,36-38H2,1-4H3,(H-,50,53,56,57). The molecule has 0 radical (unpaired) electrons.